The first-order valence-electron chi connectivity index (χ1n) is 4.67. The molecule has 0 saturated carbocycles. The van der Waals surface area contributed by atoms with Crippen molar-refractivity contribution in [3.63, 3.8) is 0 Å². The zero-order valence-corrected chi connectivity index (χ0v) is 8.05. The maximum absolute atomic E-state index is 13.4. The highest BCUT2D eigenvalue weighted by molar-refractivity contribution is 5.33. The molecule has 1 aliphatic heterocycles. The van der Waals surface area contributed by atoms with Gasteiger partial charge in [-0.1, -0.05) is 12.1 Å². The van der Waals surface area contributed by atoms with E-state index in [0.717, 1.165) is 24.1 Å². The number of fused-ring (bicyclic) bond motifs is 1. The van der Waals surface area contributed by atoms with Crippen LogP contribution < -0.4 is 0 Å². The summed E-state index contributed by atoms with van der Waals surface area (Å²) in [6, 6.07) is 5.72. The maximum Gasteiger partial charge on any atom is 0.126 e. The first kappa shape index (κ1) is 8.70. The average Bonchev–Trinajstić information content (AvgIpc) is 2.12. The van der Waals surface area contributed by atoms with Crippen LogP contribution in [0.4, 0.5) is 4.39 Å². The minimum Gasteiger partial charge on any atom is -0.299 e. The van der Waals surface area contributed by atoms with Crippen molar-refractivity contribution in [3.8, 4) is 0 Å². The Morgan fingerprint density at radius 1 is 1.46 bits per heavy atom. The van der Waals surface area contributed by atoms with Gasteiger partial charge in [0.2, 0.25) is 0 Å². The lowest BCUT2D eigenvalue weighted by Crippen LogP contribution is -2.30. The molecule has 13 heavy (non-hydrogen) atoms. The number of hydrogen-bond donors (Lipinski definition) is 0. The molecule has 1 nitrogen and oxygen atoms in total. The fourth-order valence-electron chi connectivity index (χ4n) is 1.95. The van der Waals surface area contributed by atoms with Crippen molar-refractivity contribution in [2.45, 2.75) is 19.4 Å². The maximum atomic E-state index is 13.4. The van der Waals surface area contributed by atoms with Crippen LogP contribution in [0, 0.1) is 5.82 Å². The van der Waals surface area contributed by atoms with Crippen LogP contribution in [0.5, 0.6) is 0 Å². The molecular formula is C11H14FN. The lowest BCUT2D eigenvalue weighted by molar-refractivity contribution is 0.244. The van der Waals surface area contributed by atoms with E-state index in [4.69, 9.17) is 0 Å². The molecule has 1 heterocycles. The van der Waals surface area contributed by atoms with Crippen LogP contribution in [0.25, 0.3) is 0 Å². The Morgan fingerprint density at radius 3 is 3.00 bits per heavy atom. The van der Waals surface area contributed by atoms with Gasteiger partial charge in [0.15, 0.2) is 0 Å². The average molecular weight is 179 g/mol. The van der Waals surface area contributed by atoms with E-state index in [1.165, 1.54) is 0 Å². The molecule has 0 saturated heterocycles. The van der Waals surface area contributed by atoms with Gasteiger partial charge in [0, 0.05) is 12.6 Å². The third-order valence-electron chi connectivity index (χ3n) is 2.98. The summed E-state index contributed by atoms with van der Waals surface area (Å²) < 4.78 is 13.4. The Morgan fingerprint density at radius 2 is 2.23 bits per heavy atom. The van der Waals surface area contributed by atoms with Crippen molar-refractivity contribution in [1.29, 1.82) is 0 Å². The molecule has 0 spiro atoms. The minimum absolute atomic E-state index is 0.0440. The second-order valence-corrected chi connectivity index (χ2v) is 3.71. The van der Waals surface area contributed by atoms with Crippen molar-refractivity contribution in [2.24, 2.45) is 0 Å². The normalized spacial score (nSPS) is 22.8. The summed E-state index contributed by atoms with van der Waals surface area (Å²) in [6.07, 6.45) is 0.836. The third-order valence-corrected chi connectivity index (χ3v) is 2.98. The molecular weight excluding hydrogens is 165 g/mol. The standard InChI is InChI=1S/C11H14FN/c1-8-9-4-3-5-11(12)10(9)6-7-13(8)2/h3-5,8H,6-7H2,1-2H3. The quantitative estimate of drug-likeness (QED) is 0.591. The molecule has 70 valence electrons. The largest absolute Gasteiger partial charge is 0.299 e. The van der Waals surface area contributed by atoms with Gasteiger partial charge in [-0.3, -0.25) is 4.90 Å². The van der Waals surface area contributed by atoms with Gasteiger partial charge in [-0.15, -0.1) is 0 Å². The van der Waals surface area contributed by atoms with Gasteiger partial charge in [0.1, 0.15) is 5.82 Å². The molecule has 1 aromatic rings. The molecule has 0 aliphatic carbocycles. The molecule has 0 N–H and O–H groups in total. The van der Waals surface area contributed by atoms with Crippen LogP contribution in [0.2, 0.25) is 0 Å². The van der Waals surface area contributed by atoms with Crippen LogP contribution in [0.1, 0.15) is 24.1 Å². The molecule has 0 bridgehead atoms. The van der Waals surface area contributed by atoms with Gasteiger partial charge in [-0.25, -0.2) is 4.39 Å². The number of halogens is 1. The molecule has 1 atom stereocenters. The zero-order chi connectivity index (χ0) is 9.42. The van der Waals surface area contributed by atoms with Gasteiger partial charge < -0.3 is 0 Å². The van der Waals surface area contributed by atoms with Gasteiger partial charge in [-0.2, -0.15) is 0 Å². The molecule has 1 unspecified atom stereocenters. The van der Waals surface area contributed by atoms with E-state index >= 15 is 0 Å². The van der Waals surface area contributed by atoms with Gasteiger partial charge >= 0.3 is 0 Å². The number of nitrogens with zero attached hydrogens (tertiary/aromatic N) is 1. The van der Waals surface area contributed by atoms with Gasteiger partial charge in [0.05, 0.1) is 0 Å². The van der Waals surface area contributed by atoms with Crippen LogP contribution >= 0.6 is 0 Å². The second kappa shape index (κ2) is 3.11. The number of rotatable bonds is 0. The SMILES string of the molecule is CC1c2cccc(F)c2CCN1C. The second-order valence-electron chi connectivity index (χ2n) is 3.71. The van der Waals surface area contributed by atoms with Crippen molar-refractivity contribution >= 4 is 0 Å². The first-order chi connectivity index (χ1) is 6.20. The Balaban J connectivity index is 2.49. The highest BCUT2D eigenvalue weighted by Crippen LogP contribution is 2.29. The highest BCUT2D eigenvalue weighted by atomic mass is 19.1. The van der Waals surface area contributed by atoms with Crippen LogP contribution in [-0.2, 0) is 6.42 Å². The monoisotopic (exact) mass is 179 g/mol. The smallest absolute Gasteiger partial charge is 0.126 e. The summed E-state index contributed by atoms with van der Waals surface area (Å²) in [5.41, 5.74) is 2.06. The molecule has 0 aromatic heterocycles. The van der Waals surface area contributed by atoms with E-state index in [1.807, 2.05) is 6.07 Å². The van der Waals surface area contributed by atoms with Crippen LogP contribution in [-0.4, -0.2) is 18.5 Å². The molecule has 0 fully saturated rings. The highest BCUT2D eigenvalue weighted by Gasteiger charge is 2.22. The predicted octanol–water partition coefficient (Wildman–Crippen LogP) is 2.37. The van der Waals surface area contributed by atoms with Crippen molar-refractivity contribution in [2.75, 3.05) is 13.6 Å². The van der Waals surface area contributed by atoms with E-state index in [-0.39, 0.29) is 5.82 Å². The molecule has 2 rings (SSSR count). The summed E-state index contributed by atoms with van der Waals surface area (Å²) in [5, 5.41) is 0. The van der Waals surface area contributed by atoms with Crippen molar-refractivity contribution in [1.82, 2.24) is 4.90 Å². The fourth-order valence-corrected chi connectivity index (χ4v) is 1.95. The topological polar surface area (TPSA) is 3.24 Å². The summed E-state index contributed by atoms with van der Waals surface area (Å²) in [6.45, 7) is 3.08. The fraction of sp³-hybridized carbons (Fsp3) is 0.455. The summed E-state index contributed by atoms with van der Waals surface area (Å²) >= 11 is 0. The number of benzene rings is 1. The molecule has 0 radical (unpaired) electrons. The molecule has 1 aromatic carbocycles. The Bertz CT molecular complexity index is 322. The van der Waals surface area contributed by atoms with E-state index < -0.39 is 0 Å². The Kier molecular flexibility index (Phi) is 2.08. The third kappa shape index (κ3) is 1.35. The van der Waals surface area contributed by atoms with Crippen LogP contribution in [0.15, 0.2) is 18.2 Å². The summed E-state index contributed by atoms with van der Waals surface area (Å²) in [5.74, 6) is -0.0440. The molecule has 2 heteroatoms. The van der Waals surface area contributed by atoms with Crippen LogP contribution in [0.3, 0.4) is 0 Å². The lowest BCUT2D eigenvalue weighted by atomic mass is 9.94. The van der Waals surface area contributed by atoms with E-state index in [1.54, 1.807) is 12.1 Å². The minimum atomic E-state index is -0.0440. The summed E-state index contributed by atoms with van der Waals surface area (Å²) in [7, 11) is 2.08. The molecule has 0 amide bonds. The van der Waals surface area contributed by atoms with Gasteiger partial charge in [-0.05, 0) is 37.6 Å². The Labute approximate surface area is 78.2 Å². The van der Waals surface area contributed by atoms with Crippen molar-refractivity contribution in [3.05, 3.63) is 35.1 Å². The molecule has 1 aliphatic rings. The van der Waals surface area contributed by atoms with E-state index in [2.05, 4.69) is 18.9 Å². The predicted molar refractivity (Wildman–Crippen MR) is 51.1 cm³/mol. The zero-order valence-electron chi connectivity index (χ0n) is 8.05. The van der Waals surface area contributed by atoms with Gasteiger partial charge in [0.25, 0.3) is 0 Å². The number of hydrogen-bond acceptors (Lipinski definition) is 1. The lowest BCUT2D eigenvalue weighted by Gasteiger charge is -2.32. The number of likely N-dealkylation sites (N-methyl/N-ethyl adjacent to an activating group) is 1. The van der Waals surface area contributed by atoms with Crippen molar-refractivity contribution < 1.29 is 4.39 Å². The van der Waals surface area contributed by atoms with E-state index in [0.29, 0.717) is 6.04 Å². The first-order valence-corrected chi connectivity index (χ1v) is 4.67. The van der Waals surface area contributed by atoms with E-state index in [9.17, 15) is 4.39 Å². The summed E-state index contributed by atoms with van der Waals surface area (Å²) in [4.78, 5) is 2.25. The Hall–Kier alpha value is -0.890.